The van der Waals surface area contributed by atoms with E-state index in [1.54, 1.807) is 25.2 Å². The van der Waals surface area contributed by atoms with E-state index in [0.29, 0.717) is 5.92 Å². The van der Waals surface area contributed by atoms with Crippen LogP contribution in [-0.2, 0) is 0 Å². The number of rotatable bonds is 1. The Hall–Kier alpha value is -1.52. The molecule has 0 aliphatic carbocycles. The minimum atomic E-state index is 0.0938. The number of piperidine rings is 1. The first-order valence-corrected chi connectivity index (χ1v) is 5.64. The fourth-order valence-electron chi connectivity index (χ4n) is 2.16. The summed E-state index contributed by atoms with van der Waals surface area (Å²) in [6, 6.07) is 0.0938. The number of amides is 2. The molecule has 1 saturated heterocycles. The summed E-state index contributed by atoms with van der Waals surface area (Å²) in [5.41, 5.74) is 0. The fourth-order valence-corrected chi connectivity index (χ4v) is 2.16. The number of aromatic amines is 1. The van der Waals surface area contributed by atoms with Crippen LogP contribution < -0.4 is 0 Å². The largest absolute Gasteiger partial charge is 0.348 e. The zero-order chi connectivity index (χ0) is 11.5. The van der Waals surface area contributed by atoms with Crippen molar-refractivity contribution in [1.82, 2.24) is 19.8 Å². The Morgan fingerprint density at radius 2 is 2.44 bits per heavy atom. The van der Waals surface area contributed by atoms with Gasteiger partial charge in [0.25, 0.3) is 0 Å². The van der Waals surface area contributed by atoms with Crippen molar-refractivity contribution in [3.63, 3.8) is 0 Å². The van der Waals surface area contributed by atoms with Crippen molar-refractivity contribution in [3.8, 4) is 0 Å². The molecular weight excluding hydrogens is 204 g/mol. The van der Waals surface area contributed by atoms with E-state index >= 15 is 0 Å². The van der Waals surface area contributed by atoms with Gasteiger partial charge in [0.05, 0.1) is 0 Å². The van der Waals surface area contributed by atoms with E-state index in [1.807, 2.05) is 11.1 Å². The van der Waals surface area contributed by atoms with Crippen molar-refractivity contribution in [2.24, 2.45) is 0 Å². The second kappa shape index (κ2) is 4.55. The predicted octanol–water partition coefficient (Wildman–Crippen LogP) is 1.27. The Morgan fingerprint density at radius 1 is 1.62 bits per heavy atom. The van der Waals surface area contributed by atoms with Gasteiger partial charge in [-0.25, -0.2) is 9.78 Å². The van der Waals surface area contributed by atoms with Gasteiger partial charge in [0.1, 0.15) is 5.82 Å². The van der Waals surface area contributed by atoms with E-state index in [0.717, 1.165) is 31.8 Å². The van der Waals surface area contributed by atoms with Crippen molar-refractivity contribution in [2.75, 3.05) is 27.2 Å². The van der Waals surface area contributed by atoms with E-state index in [9.17, 15) is 4.79 Å². The Kier molecular flexibility index (Phi) is 3.12. The molecule has 2 heterocycles. The Balaban J connectivity index is 2.02. The number of nitrogens with zero attached hydrogens (tertiary/aromatic N) is 3. The lowest BCUT2D eigenvalue weighted by molar-refractivity contribution is 0.154. The highest BCUT2D eigenvalue weighted by Crippen LogP contribution is 2.24. The first-order chi connectivity index (χ1) is 7.68. The number of H-pyrrole nitrogens is 1. The van der Waals surface area contributed by atoms with Crippen molar-refractivity contribution < 1.29 is 4.79 Å². The number of urea groups is 1. The molecule has 16 heavy (non-hydrogen) atoms. The molecule has 0 aromatic carbocycles. The summed E-state index contributed by atoms with van der Waals surface area (Å²) in [5, 5.41) is 0. The van der Waals surface area contributed by atoms with Gasteiger partial charge in [-0.2, -0.15) is 0 Å². The number of likely N-dealkylation sites (tertiary alicyclic amines) is 1. The maximum atomic E-state index is 11.8. The number of carbonyl (C=O) groups excluding carboxylic acids is 1. The summed E-state index contributed by atoms with van der Waals surface area (Å²) in [6.07, 6.45) is 5.75. The summed E-state index contributed by atoms with van der Waals surface area (Å²) in [7, 11) is 3.58. The standard InChI is InChI=1S/C11H18N4O/c1-14(2)11(16)15-7-3-4-9(8-15)10-12-5-6-13-10/h5-6,9H,3-4,7-8H2,1-2H3,(H,12,13). The Bertz CT molecular complexity index is 347. The normalized spacial score (nSPS) is 20.9. The molecule has 0 bridgehead atoms. The molecule has 5 heteroatoms. The summed E-state index contributed by atoms with van der Waals surface area (Å²) in [4.78, 5) is 22.8. The van der Waals surface area contributed by atoms with Crippen LogP contribution in [0.25, 0.3) is 0 Å². The lowest BCUT2D eigenvalue weighted by Crippen LogP contribution is -2.44. The number of nitrogens with one attached hydrogen (secondary N) is 1. The van der Waals surface area contributed by atoms with Crippen LogP contribution >= 0.6 is 0 Å². The Morgan fingerprint density at radius 3 is 3.06 bits per heavy atom. The molecule has 1 aliphatic heterocycles. The lowest BCUT2D eigenvalue weighted by Gasteiger charge is -2.33. The van der Waals surface area contributed by atoms with Gasteiger partial charge in [0, 0.05) is 45.5 Å². The summed E-state index contributed by atoms with van der Waals surface area (Å²) in [6.45, 7) is 1.62. The number of imidazole rings is 1. The topological polar surface area (TPSA) is 52.2 Å². The van der Waals surface area contributed by atoms with Gasteiger partial charge in [-0.15, -0.1) is 0 Å². The monoisotopic (exact) mass is 222 g/mol. The molecular formula is C11H18N4O. The van der Waals surface area contributed by atoms with Gasteiger partial charge in [-0.1, -0.05) is 0 Å². The smallest absolute Gasteiger partial charge is 0.319 e. The molecule has 0 spiro atoms. The zero-order valence-corrected chi connectivity index (χ0v) is 9.81. The third-order valence-electron chi connectivity index (χ3n) is 2.98. The average Bonchev–Trinajstić information content (AvgIpc) is 2.81. The van der Waals surface area contributed by atoms with Crippen molar-refractivity contribution in [3.05, 3.63) is 18.2 Å². The van der Waals surface area contributed by atoms with Crippen LogP contribution in [0.2, 0.25) is 0 Å². The molecule has 1 aliphatic rings. The summed E-state index contributed by atoms with van der Waals surface area (Å²) in [5.74, 6) is 1.35. The van der Waals surface area contributed by atoms with Crippen LogP contribution in [-0.4, -0.2) is 53.0 Å². The lowest BCUT2D eigenvalue weighted by atomic mass is 9.98. The van der Waals surface area contributed by atoms with Crippen molar-refractivity contribution in [1.29, 1.82) is 0 Å². The van der Waals surface area contributed by atoms with Gasteiger partial charge in [0.15, 0.2) is 0 Å². The van der Waals surface area contributed by atoms with Gasteiger partial charge in [0.2, 0.25) is 0 Å². The van der Waals surface area contributed by atoms with Crippen LogP contribution in [0.1, 0.15) is 24.6 Å². The van der Waals surface area contributed by atoms with Crippen LogP contribution in [0.3, 0.4) is 0 Å². The van der Waals surface area contributed by atoms with Crippen LogP contribution in [0.5, 0.6) is 0 Å². The van der Waals surface area contributed by atoms with Crippen LogP contribution in [0.15, 0.2) is 12.4 Å². The highest BCUT2D eigenvalue weighted by Gasteiger charge is 2.26. The van der Waals surface area contributed by atoms with Gasteiger partial charge < -0.3 is 14.8 Å². The molecule has 0 radical (unpaired) electrons. The Labute approximate surface area is 95.5 Å². The molecule has 1 N–H and O–H groups in total. The quantitative estimate of drug-likeness (QED) is 0.778. The minimum Gasteiger partial charge on any atom is -0.348 e. The number of carbonyl (C=O) groups is 1. The number of aromatic nitrogens is 2. The molecule has 1 unspecified atom stereocenters. The van der Waals surface area contributed by atoms with Gasteiger partial charge in [-0.05, 0) is 12.8 Å². The maximum Gasteiger partial charge on any atom is 0.319 e. The van der Waals surface area contributed by atoms with Crippen LogP contribution in [0.4, 0.5) is 4.79 Å². The molecule has 2 amide bonds. The molecule has 0 saturated carbocycles. The zero-order valence-electron chi connectivity index (χ0n) is 9.81. The number of hydrogen-bond acceptors (Lipinski definition) is 2. The molecule has 5 nitrogen and oxygen atoms in total. The SMILES string of the molecule is CN(C)C(=O)N1CCCC(c2ncc[nH]2)C1. The highest BCUT2D eigenvalue weighted by molar-refractivity contribution is 5.74. The molecule has 1 atom stereocenters. The fraction of sp³-hybridized carbons (Fsp3) is 0.636. The van der Waals surface area contributed by atoms with E-state index in [4.69, 9.17) is 0 Å². The van der Waals surface area contributed by atoms with E-state index in [-0.39, 0.29) is 6.03 Å². The molecule has 1 aromatic heterocycles. The van der Waals surface area contributed by atoms with E-state index in [2.05, 4.69) is 9.97 Å². The third-order valence-corrected chi connectivity index (χ3v) is 2.98. The van der Waals surface area contributed by atoms with Gasteiger partial charge >= 0.3 is 6.03 Å². The third kappa shape index (κ3) is 2.18. The van der Waals surface area contributed by atoms with Crippen molar-refractivity contribution in [2.45, 2.75) is 18.8 Å². The minimum absolute atomic E-state index is 0.0938. The summed E-state index contributed by atoms with van der Waals surface area (Å²) < 4.78 is 0. The number of hydrogen-bond donors (Lipinski definition) is 1. The van der Waals surface area contributed by atoms with Gasteiger partial charge in [-0.3, -0.25) is 0 Å². The average molecular weight is 222 g/mol. The second-order valence-electron chi connectivity index (χ2n) is 4.44. The van der Waals surface area contributed by atoms with E-state index in [1.165, 1.54) is 0 Å². The van der Waals surface area contributed by atoms with Crippen LogP contribution in [0, 0.1) is 0 Å². The second-order valence-corrected chi connectivity index (χ2v) is 4.44. The first-order valence-electron chi connectivity index (χ1n) is 5.64. The summed E-state index contributed by atoms with van der Waals surface area (Å²) >= 11 is 0. The molecule has 2 rings (SSSR count). The van der Waals surface area contributed by atoms with Crippen molar-refractivity contribution >= 4 is 6.03 Å². The maximum absolute atomic E-state index is 11.8. The van der Waals surface area contributed by atoms with E-state index < -0.39 is 0 Å². The molecule has 1 aromatic rings. The molecule has 88 valence electrons. The molecule has 1 fully saturated rings. The highest BCUT2D eigenvalue weighted by atomic mass is 16.2. The first kappa shape index (κ1) is 11.0. The predicted molar refractivity (Wildman–Crippen MR) is 61.2 cm³/mol.